The normalized spacial score (nSPS) is 16.4. The molecule has 2 aromatic rings. The molecular formula is C17H11NO2. The zero-order valence-corrected chi connectivity index (χ0v) is 10.6. The highest BCUT2D eigenvalue weighted by Crippen LogP contribution is 2.36. The van der Waals surface area contributed by atoms with E-state index in [9.17, 15) is 4.79 Å². The molecule has 20 heavy (non-hydrogen) atoms. The summed E-state index contributed by atoms with van der Waals surface area (Å²) in [6.07, 6.45) is 2.24. The fraction of sp³-hybridized carbons (Fsp3) is 0.0588. The summed E-state index contributed by atoms with van der Waals surface area (Å²) in [7, 11) is 0. The van der Waals surface area contributed by atoms with E-state index in [-0.39, 0.29) is 0 Å². The maximum atomic E-state index is 11.3. The first-order valence-electron chi connectivity index (χ1n) is 6.24. The molecule has 0 aliphatic carbocycles. The minimum Gasteiger partial charge on any atom is -0.480 e. The molecule has 0 spiro atoms. The van der Waals surface area contributed by atoms with Crippen LogP contribution in [0.15, 0.2) is 54.1 Å². The van der Waals surface area contributed by atoms with Gasteiger partial charge in [-0.15, -0.1) is 0 Å². The van der Waals surface area contributed by atoms with E-state index in [0.717, 1.165) is 23.2 Å². The molecule has 0 fully saturated rings. The molecule has 0 saturated carbocycles. The Balaban J connectivity index is 2.02. The van der Waals surface area contributed by atoms with Crippen LogP contribution in [0.5, 0.6) is 5.75 Å². The SMILES string of the molecule is N#Cc1ccc(C2Oc3ccccc3C=C2C=O)cc1. The Labute approximate surface area is 116 Å². The standard InChI is InChI=1S/C17H11NO2/c18-10-12-5-7-13(8-6-12)17-15(11-19)9-14-3-1-2-4-16(14)20-17/h1-9,11,17H. The van der Waals surface area contributed by atoms with Crippen LogP contribution in [0.4, 0.5) is 0 Å². The summed E-state index contributed by atoms with van der Waals surface area (Å²) in [5.41, 5.74) is 2.92. The molecule has 0 bridgehead atoms. The number of carbonyl (C=O) groups excluding carboxylic acids is 1. The molecule has 0 amide bonds. The van der Waals surface area contributed by atoms with Gasteiger partial charge in [0.05, 0.1) is 11.6 Å². The first-order chi connectivity index (χ1) is 9.81. The minimum atomic E-state index is -0.421. The number of benzene rings is 2. The van der Waals surface area contributed by atoms with Crippen LogP contribution in [0.1, 0.15) is 22.8 Å². The Morgan fingerprint density at radius 1 is 1.10 bits per heavy atom. The second kappa shape index (κ2) is 5.02. The lowest BCUT2D eigenvalue weighted by Crippen LogP contribution is -2.15. The van der Waals surface area contributed by atoms with E-state index in [1.54, 1.807) is 12.1 Å². The van der Waals surface area contributed by atoms with Crippen molar-refractivity contribution in [2.24, 2.45) is 0 Å². The predicted octanol–water partition coefficient (Wildman–Crippen LogP) is 3.27. The minimum absolute atomic E-state index is 0.421. The van der Waals surface area contributed by atoms with Gasteiger partial charge in [0.1, 0.15) is 12.0 Å². The van der Waals surface area contributed by atoms with Crippen LogP contribution in [-0.2, 0) is 4.79 Å². The van der Waals surface area contributed by atoms with Crippen LogP contribution in [0.2, 0.25) is 0 Å². The van der Waals surface area contributed by atoms with Crippen molar-refractivity contribution in [1.29, 1.82) is 5.26 Å². The van der Waals surface area contributed by atoms with Crippen LogP contribution in [-0.4, -0.2) is 6.29 Å². The van der Waals surface area contributed by atoms with Crippen molar-refractivity contribution in [2.75, 3.05) is 0 Å². The van der Waals surface area contributed by atoms with Gasteiger partial charge in [-0.05, 0) is 29.8 Å². The van der Waals surface area contributed by atoms with E-state index in [1.165, 1.54) is 0 Å². The van der Waals surface area contributed by atoms with Crippen molar-refractivity contribution < 1.29 is 9.53 Å². The number of fused-ring (bicyclic) bond motifs is 1. The highest BCUT2D eigenvalue weighted by atomic mass is 16.5. The Kier molecular flexibility index (Phi) is 3.06. The van der Waals surface area contributed by atoms with Gasteiger partial charge in [-0.1, -0.05) is 30.3 Å². The number of nitrogens with zero attached hydrogens (tertiary/aromatic N) is 1. The van der Waals surface area contributed by atoms with Crippen molar-refractivity contribution in [3.05, 3.63) is 70.8 Å². The molecule has 0 saturated heterocycles. The number of ether oxygens (including phenoxy) is 1. The van der Waals surface area contributed by atoms with Crippen molar-refractivity contribution in [2.45, 2.75) is 6.10 Å². The molecule has 0 N–H and O–H groups in total. The van der Waals surface area contributed by atoms with Gasteiger partial charge in [-0.3, -0.25) is 4.79 Å². The molecule has 3 nitrogen and oxygen atoms in total. The topological polar surface area (TPSA) is 50.1 Å². The molecule has 3 heteroatoms. The summed E-state index contributed by atoms with van der Waals surface area (Å²) < 4.78 is 5.91. The molecule has 1 unspecified atom stereocenters. The zero-order valence-electron chi connectivity index (χ0n) is 10.6. The Bertz CT molecular complexity index is 723. The van der Waals surface area contributed by atoms with Gasteiger partial charge in [0, 0.05) is 11.1 Å². The number of hydrogen-bond acceptors (Lipinski definition) is 3. The van der Waals surface area contributed by atoms with Gasteiger partial charge < -0.3 is 4.74 Å². The molecule has 0 radical (unpaired) electrons. The smallest absolute Gasteiger partial charge is 0.152 e. The highest BCUT2D eigenvalue weighted by molar-refractivity contribution is 5.85. The maximum Gasteiger partial charge on any atom is 0.152 e. The zero-order chi connectivity index (χ0) is 13.9. The fourth-order valence-corrected chi connectivity index (χ4v) is 2.25. The summed E-state index contributed by atoms with van der Waals surface area (Å²) in [5, 5.41) is 8.82. The van der Waals surface area contributed by atoms with E-state index in [0.29, 0.717) is 11.1 Å². The number of rotatable bonds is 2. The molecular weight excluding hydrogens is 250 g/mol. The van der Waals surface area contributed by atoms with Gasteiger partial charge in [0.15, 0.2) is 6.10 Å². The fourth-order valence-electron chi connectivity index (χ4n) is 2.25. The molecule has 1 aliphatic heterocycles. The molecule has 1 aliphatic rings. The molecule has 1 heterocycles. The van der Waals surface area contributed by atoms with Crippen LogP contribution >= 0.6 is 0 Å². The molecule has 2 aromatic carbocycles. The van der Waals surface area contributed by atoms with E-state index < -0.39 is 6.10 Å². The van der Waals surface area contributed by atoms with Crippen molar-refractivity contribution in [3.63, 3.8) is 0 Å². The Morgan fingerprint density at radius 2 is 1.85 bits per heavy atom. The molecule has 1 atom stereocenters. The quantitative estimate of drug-likeness (QED) is 0.779. The van der Waals surface area contributed by atoms with E-state index in [1.807, 2.05) is 42.5 Å². The summed E-state index contributed by atoms with van der Waals surface area (Å²) in [4.78, 5) is 11.3. The third-order valence-electron chi connectivity index (χ3n) is 3.27. The Morgan fingerprint density at radius 3 is 2.55 bits per heavy atom. The van der Waals surface area contributed by atoms with Crippen LogP contribution in [0.3, 0.4) is 0 Å². The van der Waals surface area contributed by atoms with E-state index in [4.69, 9.17) is 10.00 Å². The summed E-state index contributed by atoms with van der Waals surface area (Å²) in [6.45, 7) is 0. The predicted molar refractivity (Wildman–Crippen MR) is 75.0 cm³/mol. The largest absolute Gasteiger partial charge is 0.480 e. The first kappa shape index (κ1) is 12.2. The second-order valence-corrected chi connectivity index (χ2v) is 4.53. The average Bonchev–Trinajstić information content (AvgIpc) is 2.53. The average molecular weight is 261 g/mol. The third kappa shape index (κ3) is 2.08. The van der Waals surface area contributed by atoms with Crippen molar-refractivity contribution in [1.82, 2.24) is 0 Å². The lowest BCUT2D eigenvalue weighted by atomic mass is 9.96. The number of hydrogen-bond donors (Lipinski definition) is 0. The van der Waals surface area contributed by atoms with Gasteiger partial charge in [-0.2, -0.15) is 5.26 Å². The van der Waals surface area contributed by atoms with Gasteiger partial charge in [-0.25, -0.2) is 0 Å². The summed E-state index contributed by atoms with van der Waals surface area (Å²) in [6, 6.07) is 16.7. The van der Waals surface area contributed by atoms with Crippen LogP contribution in [0, 0.1) is 11.3 Å². The highest BCUT2D eigenvalue weighted by Gasteiger charge is 2.23. The monoisotopic (exact) mass is 261 g/mol. The molecule has 96 valence electrons. The van der Waals surface area contributed by atoms with Gasteiger partial charge in [0.2, 0.25) is 0 Å². The van der Waals surface area contributed by atoms with Gasteiger partial charge in [0.25, 0.3) is 0 Å². The molecule has 0 aromatic heterocycles. The number of para-hydroxylation sites is 1. The second-order valence-electron chi connectivity index (χ2n) is 4.53. The summed E-state index contributed by atoms with van der Waals surface area (Å²) >= 11 is 0. The molecule has 3 rings (SSSR count). The third-order valence-corrected chi connectivity index (χ3v) is 3.27. The maximum absolute atomic E-state index is 11.3. The number of carbonyl (C=O) groups is 1. The van der Waals surface area contributed by atoms with Crippen molar-refractivity contribution >= 4 is 12.4 Å². The van der Waals surface area contributed by atoms with Gasteiger partial charge >= 0.3 is 0 Å². The first-order valence-corrected chi connectivity index (χ1v) is 6.24. The Hall–Kier alpha value is -2.86. The number of nitriles is 1. The van der Waals surface area contributed by atoms with E-state index >= 15 is 0 Å². The lowest BCUT2D eigenvalue weighted by Gasteiger charge is -2.25. The number of aldehydes is 1. The van der Waals surface area contributed by atoms with Crippen LogP contribution < -0.4 is 4.74 Å². The summed E-state index contributed by atoms with van der Waals surface area (Å²) in [5.74, 6) is 0.757. The van der Waals surface area contributed by atoms with E-state index in [2.05, 4.69) is 6.07 Å². The van der Waals surface area contributed by atoms with Crippen molar-refractivity contribution in [3.8, 4) is 11.8 Å². The van der Waals surface area contributed by atoms with Crippen LogP contribution in [0.25, 0.3) is 6.08 Å². The lowest BCUT2D eigenvalue weighted by molar-refractivity contribution is -0.105.